The number of carbonyl (C=O) groups excluding carboxylic acids is 1. The van der Waals surface area contributed by atoms with Crippen LogP contribution in [0.15, 0.2) is 23.1 Å². The first-order chi connectivity index (χ1) is 11.4. The van der Waals surface area contributed by atoms with Gasteiger partial charge in [-0.15, -0.1) is 0 Å². The van der Waals surface area contributed by atoms with Crippen LogP contribution in [-0.2, 0) is 10.0 Å². The van der Waals surface area contributed by atoms with Crippen LogP contribution in [0.3, 0.4) is 0 Å². The Hall–Kier alpha value is -1.11. The van der Waals surface area contributed by atoms with Crippen LogP contribution in [0.5, 0.6) is 0 Å². The highest BCUT2D eigenvalue weighted by Gasteiger charge is 2.29. The SMILES string of the molecule is CC1CCCN(C(=O)c2cc(S(=O)(=O)N3CCCC3)ccc2Cl)C1. The number of nitrogens with zero attached hydrogens (tertiary/aromatic N) is 2. The first-order valence-corrected chi connectivity index (χ1v) is 10.3. The number of benzene rings is 1. The number of carbonyl (C=O) groups is 1. The second-order valence-electron chi connectivity index (χ2n) is 6.75. The van der Waals surface area contributed by atoms with E-state index in [0.29, 0.717) is 37.1 Å². The molecule has 24 heavy (non-hydrogen) atoms. The summed E-state index contributed by atoms with van der Waals surface area (Å²) in [5.41, 5.74) is 0.283. The Bertz CT molecular complexity index is 729. The molecule has 2 aliphatic rings. The van der Waals surface area contributed by atoms with Gasteiger partial charge >= 0.3 is 0 Å². The zero-order valence-electron chi connectivity index (χ0n) is 13.9. The van der Waals surface area contributed by atoms with E-state index in [1.54, 1.807) is 4.90 Å². The summed E-state index contributed by atoms with van der Waals surface area (Å²) in [6.45, 7) is 4.59. The molecule has 132 valence electrons. The number of sulfonamides is 1. The minimum Gasteiger partial charge on any atom is -0.338 e. The van der Waals surface area contributed by atoms with Crippen molar-refractivity contribution in [3.05, 3.63) is 28.8 Å². The van der Waals surface area contributed by atoms with E-state index in [1.165, 1.54) is 22.5 Å². The minimum absolute atomic E-state index is 0.155. The lowest BCUT2D eigenvalue weighted by atomic mass is 9.99. The predicted octanol–water partition coefficient (Wildman–Crippen LogP) is 3.00. The zero-order chi connectivity index (χ0) is 17.3. The molecule has 1 unspecified atom stereocenters. The molecule has 5 nitrogen and oxygen atoms in total. The van der Waals surface area contributed by atoms with E-state index in [4.69, 9.17) is 11.6 Å². The number of piperidine rings is 1. The number of halogens is 1. The molecule has 0 N–H and O–H groups in total. The normalized spacial score (nSPS) is 22.8. The van der Waals surface area contributed by atoms with Gasteiger partial charge in [0.25, 0.3) is 5.91 Å². The monoisotopic (exact) mass is 370 g/mol. The van der Waals surface area contributed by atoms with Crippen LogP contribution in [0.4, 0.5) is 0 Å². The first-order valence-electron chi connectivity index (χ1n) is 8.48. The van der Waals surface area contributed by atoms with Gasteiger partial charge in [-0.05, 0) is 49.8 Å². The van der Waals surface area contributed by atoms with Crippen molar-refractivity contribution < 1.29 is 13.2 Å². The second kappa shape index (κ2) is 7.02. The van der Waals surface area contributed by atoms with Crippen molar-refractivity contribution in [1.29, 1.82) is 0 Å². The van der Waals surface area contributed by atoms with Gasteiger partial charge in [0.05, 0.1) is 15.5 Å². The van der Waals surface area contributed by atoms with Crippen molar-refractivity contribution in [3.63, 3.8) is 0 Å². The van der Waals surface area contributed by atoms with E-state index >= 15 is 0 Å². The minimum atomic E-state index is -3.55. The topological polar surface area (TPSA) is 57.7 Å². The predicted molar refractivity (Wildman–Crippen MR) is 93.7 cm³/mol. The summed E-state index contributed by atoms with van der Waals surface area (Å²) >= 11 is 6.20. The summed E-state index contributed by atoms with van der Waals surface area (Å²) < 4.78 is 26.9. The van der Waals surface area contributed by atoms with E-state index in [1.807, 2.05) is 0 Å². The molecule has 1 atom stereocenters. The smallest absolute Gasteiger partial charge is 0.255 e. The highest BCUT2D eigenvalue weighted by Crippen LogP contribution is 2.27. The van der Waals surface area contributed by atoms with Crippen LogP contribution < -0.4 is 0 Å². The van der Waals surface area contributed by atoms with Gasteiger partial charge in [-0.1, -0.05) is 18.5 Å². The van der Waals surface area contributed by atoms with Gasteiger partial charge < -0.3 is 4.90 Å². The number of hydrogen-bond acceptors (Lipinski definition) is 3. The molecule has 0 radical (unpaired) electrons. The van der Waals surface area contributed by atoms with Crippen LogP contribution in [0.2, 0.25) is 5.02 Å². The summed E-state index contributed by atoms with van der Waals surface area (Å²) in [5.74, 6) is 0.281. The Labute approximate surface area is 148 Å². The second-order valence-corrected chi connectivity index (χ2v) is 9.10. The fourth-order valence-corrected chi connectivity index (χ4v) is 5.19. The first kappa shape index (κ1) is 17.7. The summed E-state index contributed by atoms with van der Waals surface area (Å²) in [6.07, 6.45) is 3.84. The molecular weight excluding hydrogens is 348 g/mol. The quantitative estimate of drug-likeness (QED) is 0.821. The lowest BCUT2D eigenvalue weighted by Crippen LogP contribution is -2.39. The van der Waals surface area contributed by atoms with Crippen molar-refractivity contribution in [3.8, 4) is 0 Å². The molecule has 2 heterocycles. The summed E-state index contributed by atoms with van der Waals surface area (Å²) in [7, 11) is -3.55. The maximum atomic E-state index is 12.8. The third-order valence-corrected chi connectivity index (χ3v) is 7.04. The zero-order valence-corrected chi connectivity index (χ0v) is 15.4. The largest absolute Gasteiger partial charge is 0.338 e. The van der Waals surface area contributed by atoms with E-state index < -0.39 is 10.0 Å². The van der Waals surface area contributed by atoms with Crippen LogP contribution in [0, 0.1) is 5.92 Å². The number of rotatable bonds is 3. The lowest BCUT2D eigenvalue weighted by Gasteiger charge is -2.31. The van der Waals surface area contributed by atoms with Crippen LogP contribution in [0.1, 0.15) is 43.0 Å². The van der Waals surface area contributed by atoms with Crippen LogP contribution >= 0.6 is 11.6 Å². The molecule has 7 heteroatoms. The van der Waals surface area contributed by atoms with Gasteiger partial charge in [0.15, 0.2) is 0 Å². The summed E-state index contributed by atoms with van der Waals surface area (Å²) in [5, 5.41) is 0.304. The van der Waals surface area contributed by atoms with E-state index in [2.05, 4.69) is 6.92 Å². The standard InChI is InChI=1S/C17H23ClN2O3S/c1-13-5-4-8-19(12-13)17(21)15-11-14(6-7-16(15)18)24(22,23)20-9-2-3-10-20/h6-7,11,13H,2-5,8-10,12H2,1H3. The van der Waals surface area contributed by atoms with Crippen molar-refractivity contribution in [2.45, 2.75) is 37.5 Å². The average molecular weight is 371 g/mol. The molecule has 0 bridgehead atoms. The van der Waals surface area contributed by atoms with Crippen LogP contribution in [0.25, 0.3) is 0 Å². The Morgan fingerprint density at radius 1 is 1.17 bits per heavy atom. The highest BCUT2D eigenvalue weighted by molar-refractivity contribution is 7.89. The molecule has 1 aromatic rings. The maximum absolute atomic E-state index is 12.8. The molecule has 2 fully saturated rings. The Morgan fingerprint density at radius 2 is 1.88 bits per heavy atom. The molecule has 0 aromatic heterocycles. The Balaban J connectivity index is 1.90. The molecular formula is C17H23ClN2O3S. The Morgan fingerprint density at radius 3 is 2.54 bits per heavy atom. The molecule has 1 amide bonds. The third-order valence-electron chi connectivity index (χ3n) is 4.82. The number of likely N-dealkylation sites (tertiary alicyclic amines) is 1. The maximum Gasteiger partial charge on any atom is 0.255 e. The number of amides is 1. The van der Waals surface area contributed by atoms with Gasteiger partial charge in [0, 0.05) is 26.2 Å². The van der Waals surface area contributed by atoms with Gasteiger partial charge in [-0.2, -0.15) is 4.31 Å². The van der Waals surface area contributed by atoms with Gasteiger partial charge in [0.1, 0.15) is 0 Å². The fourth-order valence-electron chi connectivity index (χ4n) is 3.45. The Kier molecular flexibility index (Phi) is 5.18. The molecule has 3 rings (SSSR count). The van der Waals surface area contributed by atoms with Gasteiger partial charge in [-0.25, -0.2) is 8.42 Å². The average Bonchev–Trinajstić information content (AvgIpc) is 3.10. The van der Waals surface area contributed by atoms with Crippen LogP contribution in [-0.4, -0.2) is 49.7 Å². The molecule has 0 aliphatic carbocycles. The third kappa shape index (κ3) is 3.46. The van der Waals surface area contributed by atoms with Gasteiger partial charge in [-0.3, -0.25) is 4.79 Å². The number of hydrogen-bond donors (Lipinski definition) is 0. The summed E-state index contributed by atoms with van der Waals surface area (Å²) in [6, 6.07) is 4.45. The highest BCUT2D eigenvalue weighted by atomic mass is 35.5. The van der Waals surface area contributed by atoms with Crippen molar-refractivity contribution in [2.75, 3.05) is 26.2 Å². The van der Waals surface area contributed by atoms with E-state index in [-0.39, 0.29) is 16.4 Å². The van der Waals surface area contributed by atoms with Crippen molar-refractivity contribution in [1.82, 2.24) is 9.21 Å². The fraction of sp³-hybridized carbons (Fsp3) is 0.588. The molecule has 2 aliphatic heterocycles. The van der Waals surface area contributed by atoms with Gasteiger partial charge in [0.2, 0.25) is 10.0 Å². The van der Waals surface area contributed by atoms with Crippen molar-refractivity contribution in [2.24, 2.45) is 5.92 Å². The molecule has 0 saturated carbocycles. The van der Waals surface area contributed by atoms with E-state index in [9.17, 15) is 13.2 Å². The molecule has 2 saturated heterocycles. The molecule has 0 spiro atoms. The van der Waals surface area contributed by atoms with Crippen molar-refractivity contribution >= 4 is 27.5 Å². The summed E-state index contributed by atoms with van der Waals surface area (Å²) in [4.78, 5) is 14.7. The lowest BCUT2D eigenvalue weighted by molar-refractivity contribution is 0.0683. The van der Waals surface area contributed by atoms with E-state index in [0.717, 1.165) is 25.7 Å². The molecule has 1 aromatic carbocycles.